The van der Waals surface area contributed by atoms with E-state index in [1.54, 1.807) is 7.05 Å². The number of hydrogen-bond donors (Lipinski definition) is 2. The molecule has 2 unspecified atom stereocenters. The highest BCUT2D eigenvalue weighted by Crippen LogP contribution is 2.42. The average molecular weight is 395 g/mol. The van der Waals surface area contributed by atoms with E-state index in [2.05, 4.69) is 22.5 Å². The molecule has 0 radical (unpaired) electrons. The van der Waals surface area contributed by atoms with Crippen LogP contribution in [0.3, 0.4) is 0 Å². The number of hydrogen-bond acceptors (Lipinski definition) is 1. The van der Waals surface area contributed by atoms with Gasteiger partial charge in [-0.3, -0.25) is 4.99 Å². The molecule has 2 N–H and O–H groups in total. The van der Waals surface area contributed by atoms with Crippen molar-refractivity contribution >= 4 is 29.9 Å². The Morgan fingerprint density at radius 3 is 2.55 bits per heavy atom. The van der Waals surface area contributed by atoms with E-state index in [0.717, 1.165) is 19.4 Å². The fourth-order valence-electron chi connectivity index (χ4n) is 2.15. The molecule has 2 rings (SSSR count). The SMILES string of the molecule is CCCNC(=NC)NC1CC1c1c(F)cccc1F.I. The van der Waals surface area contributed by atoms with Crippen LogP contribution in [0.2, 0.25) is 0 Å². The lowest BCUT2D eigenvalue weighted by Crippen LogP contribution is -2.39. The first-order valence-corrected chi connectivity index (χ1v) is 6.58. The summed E-state index contributed by atoms with van der Waals surface area (Å²) in [5.41, 5.74) is 0.186. The Morgan fingerprint density at radius 1 is 1.35 bits per heavy atom. The monoisotopic (exact) mass is 395 g/mol. The molecule has 0 spiro atoms. The summed E-state index contributed by atoms with van der Waals surface area (Å²) in [5.74, 6) is -0.357. The molecule has 0 aromatic heterocycles. The predicted octanol–water partition coefficient (Wildman–Crippen LogP) is 3.01. The van der Waals surface area contributed by atoms with Gasteiger partial charge >= 0.3 is 0 Å². The highest BCUT2D eigenvalue weighted by atomic mass is 127. The van der Waals surface area contributed by atoms with Crippen molar-refractivity contribution in [3.05, 3.63) is 35.4 Å². The van der Waals surface area contributed by atoms with E-state index in [0.29, 0.717) is 5.96 Å². The number of aliphatic imine (C=N–C) groups is 1. The fourth-order valence-corrected chi connectivity index (χ4v) is 2.15. The van der Waals surface area contributed by atoms with Crippen molar-refractivity contribution in [2.75, 3.05) is 13.6 Å². The van der Waals surface area contributed by atoms with Gasteiger partial charge in [-0.15, -0.1) is 24.0 Å². The number of nitrogens with zero attached hydrogens (tertiary/aromatic N) is 1. The van der Waals surface area contributed by atoms with Crippen LogP contribution in [-0.4, -0.2) is 25.6 Å². The van der Waals surface area contributed by atoms with Crippen molar-refractivity contribution in [1.82, 2.24) is 10.6 Å². The second-order valence-corrected chi connectivity index (χ2v) is 4.73. The summed E-state index contributed by atoms with van der Waals surface area (Å²) in [6.45, 7) is 2.89. The summed E-state index contributed by atoms with van der Waals surface area (Å²) in [4.78, 5) is 4.09. The normalized spacial score (nSPS) is 21.1. The van der Waals surface area contributed by atoms with Crippen molar-refractivity contribution in [1.29, 1.82) is 0 Å². The van der Waals surface area contributed by atoms with Crippen LogP contribution in [-0.2, 0) is 0 Å². The quantitative estimate of drug-likeness (QED) is 0.467. The van der Waals surface area contributed by atoms with E-state index in [9.17, 15) is 8.78 Å². The Morgan fingerprint density at radius 2 is 2.00 bits per heavy atom. The highest BCUT2D eigenvalue weighted by Gasteiger charge is 2.42. The first-order chi connectivity index (χ1) is 9.17. The smallest absolute Gasteiger partial charge is 0.191 e. The Labute approximate surface area is 135 Å². The first-order valence-electron chi connectivity index (χ1n) is 6.58. The molecule has 1 aliphatic rings. The van der Waals surface area contributed by atoms with Gasteiger partial charge in [-0.05, 0) is 25.0 Å². The molecule has 0 aliphatic heterocycles. The zero-order valence-corrected chi connectivity index (χ0v) is 13.9. The molecule has 1 aromatic carbocycles. The molecule has 6 heteroatoms. The van der Waals surface area contributed by atoms with Crippen LogP contribution in [0, 0.1) is 11.6 Å². The van der Waals surface area contributed by atoms with Gasteiger partial charge in [0.05, 0.1) is 0 Å². The molecule has 1 fully saturated rings. The second kappa shape index (κ2) is 7.75. The van der Waals surface area contributed by atoms with Gasteiger partial charge in [0.2, 0.25) is 0 Å². The number of benzene rings is 1. The van der Waals surface area contributed by atoms with Crippen LogP contribution in [0.4, 0.5) is 8.78 Å². The third-order valence-corrected chi connectivity index (χ3v) is 3.25. The van der Waals surface area contributed by atoms with E-state index in [1.165, 1.54) is 18.2 Å². The Hall–Kier alpha value is -0.920. The van der Waals surface area contributed by atoms with Gasteiger partial charge in [0.25, 0.3) is 0 Å². The third kappa shape index (κ3) is 4.04. The molecular formula is C14H20F2IN3. The lowest BCUT2D eigenvalue weighted by Gasteiger charge is -2.11. The molecule has 20 heavy (non-hydrogen) atoms. The Bertz CT molecular complexity index is 459. The zero-order valence-electron chi connectivity index (χ0n) is 11.6. The molecular weight excluding hydrogens is 375 g/mol. The maximum absolute atomic E-state index is 13.6. The Balaban J connectivity index is 0.00000200. The largest absolute Gasteiger partial charge is 0.356 e. The average Bonchev–Trinajstić information content (AvgIpc) is 3.13. The van der Waals surface area contributed by atoms with E-state index in [1.807, 2.05) is 0 Å². The topological polar surface area (TPSA) is 36.4 Å². The standard InChI is InChI=1S/C14H19F2N3.HI/c1-3-7-18-14(17-2)19-12-8-9(12)13-10(15)5-4-6-11(13)16;/h4-6,9,12H,3,7-8H2,1-2H3,(H2,17,18,19);1H. The maximum atomic E-state index is 13.6. The summed E-state index contributed by atoms with van der Waals surface area (Å²) in [6, 6.07) is 4.05. The van der Waals surface area contributed by atoms with Crippen LogP contribution in [0.25, 0.3) is 0 Å². The minimum Gasteiger partial charge on any atom is -0.356 e. The predicted molar refractivity (Wildman–Crippen MR) is 87.7 cm³/mol. The van der Waals surface area contributed by atoms with Gasteiger partial charge in [0, 0.05) is 31.1 Å². The van der Waals surface area contributed by atoms with Gasteiger partial charge in [0.15, 0.2) is 5.96 Å². The van der Waals surface area contributed by atoms with Gasteiger partial charge in [-0.1, -0.05) is 13.0 Å². The van der Waals surface area contributed by atoms with Crippen molar-refractivity contribution < 1.29 is 8.78 Å². The van der Waals surface area contributed by atoms with E-state index >= 15 is 0 Å². The molecule has 112 valence electrons. The minimum absolute atomic E-state index is 0. The molecule has 1 saturated carbocycles. The van der Waals surface area contributed by atoms with Gasteiger partial charge < -0.3 is 10.6 Å². The number of halogens is 3. The molecule has 1 aromatic rings. The van der Waals surface area contributed by atoms with Gasteiger partial charge in [-0.2, -0.15) is 0 Å². The van der Waals surface area contributed by atoms with Crippen LogP contribution in [0.5, 0.6) is 0 Å². The summed E-state index contributed by atoms with van der Waals surface area (Å²) in [5, 5.41) is 6.33. The molecule has 2 atom stereocenters. The third-order valence-electron chi connectivity index (χ3n) is 3.25. The fraction of sp³-hybridized carbons (Fsp3) is 0.500. The van der Waals surface area contributed by atoms with Gasteiger partial charge in [0.1, 0.15) is 11.6 Å². The zero-order chi connectivity index (χ0) is 13.8. The van der Waals surface area contributed by atoms with Crippen molar-refractivity contribution in [2.45, 2.75) is 31.7 Å². The lowest BCUT2D eigenvalue weighted by atomic mass is 10.1. The molecule has 0 bridgehead atoms. The highest BCUT2D eigenvalue weighted by molar-refractivity contribution is 14.0. The van der Waals surface area contributed by atoms with E-state index < -0.39 is 11.6 Å². The molecule has 3 nitrogen and oxygen atoms in total. The summed E-state index contributed by atoms with van der Waals surface area (Å²) in [7, 11) is 1.69. The molecule has 0 amide bonds. The maximum Gasteiger partial charge on any atom is 0.191 e. The van der Waals surface area contributed by atoms with Crippen LogP contribution >= 0.6 is 24.0 Å². The second-order valence-electron chi connectivity index (χ2n) is 4.73. The van der Waals surface area contributed by atoms with Crippen LogP contribution in [0.15, 0.2) is 23.2 Å². The van der Waals surface area contributed by atoms with E-state index in [4.69, 9.17) is 0 Å². The van der Waals surface area contributed by atoms with E-state index in [-0.39, 0.29) is 41.5 Å². The first kappa shape index (κ1) is 17.1. The van der Waals surface area contributed by atoms with Crippen molar-refractivity contribution in [3.63, 3.8) is 0 Å². The van der Waals surface area contributed by atoms with Crippen LogP contribution < -0.4 is 10.6 Å². The number of guanidine groups is 1. The van der Waals surface area contributed by atoms with Crippen molar-refractivity contribution in [3.8, 4) is 0 Å². The molecule has 1 aliphatic carbocycles. The summed E-state index contributed by atoms with van der Waals surface area (Å²) < 4.78 is 27.2. The summed E-state index contributed by atoms with van der Waals surface area (Å²) in [6.07, 6.45) is 1.72. The lowest BCUT2D eigenvalue weighted by molar-refractivity contribution is 0.553. The van der Waals surface area contributed by atoms with Crippen molar-refractivity contribution in [2.24, 2.45) is 4.99 Å². The van der Waals surface area contributed by atoms with Crippen LogP contribution in [0.1, 0.15) is 31.2 Å². The molecule has 0 saturated heterocycles. The number of nitrogens with one attached hydrogen (secondary N) is 2. The number of rotatable bonds is 4. The molecule has 0 heterocycles. The Kier molecular flexibility index (Phi) is 6.64. The minimum atomic E-state index is -0.467. The summed E-state index contributed by atoms with van der Waals surface area (Å²) >= 11 is 0. The van der Waals surface area contributed by atoms with Gasteiger partial charge in [-0.25, -0.2) is 8.78 Å².